The van der Waals surface area contributed by atoms with Gasteiger partial charge in [-0.25, -0.2) is 0 Å². The third-order valence-corrected chi connectivity index (χ3v) is 10.3. The first-order valence-corrected chi connectivity index (χ1v) is 15.3. The Morgan fingerprint density at radius 1 is 1.02 bits per heavy atom. The number of phenols is 2. The van der Waals surface area contributed by atoms with Crippen LogP contribution in [0, 0.1) is 76.2 Å². The molecule has 45 heavy (non-hydrogen) atoms. The summed E-state index contributed by atoms with van der Waals surface area (Å²) in [5, 5.41) is 33.8. The summed E-state index contributed by atoms with van der Waals surface area (Å²) in [6.07, 6.45) is 1.80. The number of aryl methyl sites for hydroxylation is 2. The van der Waals surface area contributed by atoms with E-state index >= 15 is 0 Å². The van der Waals surface area contributed by atoms with Crippen LogP contribution in [0.1, 0.15) is 63.0 Å². The number of hydrogen-bond donors (Lipinski definition) is 2. The summed E-state index contributed by atoms with van der Waals surface area (Å²) in [4.78, 5) is 17.5. The van der Waals surface area contributed by atoms with Gasteiger partial charge in [-0.15, -0.1) is 0 Å². The minimum Gasteiger partial charge on any atom is -0.507 e. The van der Waals surface area contributed by atoms with Gasteiger partial charge < -0.3 is 24.4 Å². The number of benzene rings is 3. The summed E-state index contributed by atoms with van der Waals surface area (Å²) in [5.74, 6) is 1.10. The molecule has 0 saturated carbocycles. The van der Waals surface area contributed by atoms with Gasteiger partial charge in [0.2, 0.25) is 6.79 Å². The van der Waals surface area contributed by atoms with E-state index in [1.165, 1.54) is 0 Å². The fourth-order valence-corrected chi connectivity index (χ4v) is 8.00. The fourth-order valence-electron chi connectivity index (χ4n) is 8.00. The number of carbonyl (C=O) groups excluding carboxylic acids is 1. The molecule has 9 nitrogen and oxygen atoms in total. The van der Waals surface area contributed by atoms with Crippen LogP contribution in [0.2, 0.25) is 0 Å². The molecule has 4 heterocycles. The minimum atomic E-state index is -0.565. The van der Waals surface area contributed by atoms with Gasteiger partial charge in [0.25, 0.3) is 0 Å². The Hall–Kier alpha value is -2.82. The second-order valence-corrected chi connectivity index (χ2v) is 12.5. The van der Waals surface area contributed by atoms with Gasteiger partial charge >= 0.3 is 5.97 Å². The number of esters is 1. The van der Waals surface area contributed by atoms with E-state index in [-0.39, 0.29) is 99.5 Å². The van der Waals surface area contributed by atoms with Crippen LogP contribution >= 0.6 is 0 Å². The normalized spacial score (nSPS) is 24.5. The standard InChI is InChI=1S/C35H37N3O6.Ac/c1-18-12-22-13-24-26(15-36)38-25(31(37(24)4)29(22)33(41)19(18)2)14-23-30(35-34(43-17-44-35)20(3)32(23)40)27(38)16-42-28(39)11-10-21-8-6-5-7-9-21;/h5-9,12,24-27,31,40-41H,10-11,13-14,16-17H2,1-4H3;/t24-,25?,26-,27-,31-;/m0./s1. The van der Waals surface area contributed by atoms with E-state index in [1.54, 1.807) is 0 Å². The van der Waals surface area contributed by atoms with Crippen molar-refractivity contribution in [3.8, 4) is 29.1 Å². The molecule has 0 spiro atoms. The summed E-state index contributed by atoms with van der Waals surface area (Å²) in [7, 11) is 2.02. The van der Waals surface area contributed by atoms with Crippen molar-refractivity contribution in [3.05, 3.63) is 80.9 Å². The molecule has 10 heteroatoms. The van der Waals surface area contributed by atoms with E-state index in [4.69, 9.17) is 14.2 Å². The van der Waals surface area contributed by atoms with Crippen molar-refractivity contribution in [2.45, 2.75) is 76.7 Å². The zero-order valence-corrected chi connectivity index (χ0v) is 30.8. The molecule has 231 valence electrons. The second-order valence-electron chi connectivity index (χ2n) is 12.5. The molecule has 1 fully saturated rings. The van der Waals surface area contributed by atoms with Crippen molar-refractivity contribution >= 4 is 5.97 Å². The van der Waals surface area contributed by atoms with Crippen LogP contribution in [0.4, 0.5) is 0 Å². The number of phenolic OH excluding ortho intramolecular Hbond substituents is 2. The third-order valence-electron chi connectivity index (χ3n) is 10.3. The van der Waals surface area contributed by atoms with Crippen LogP contribution in [0.3, 0.4) is 0 Å². The average Bonchev–Trinajstić information content (AvgIpc) is 3.51. The molecular formula is C35H37AcN3O6. The number of hydrogen-bond acceptors (Lipinski definition) is 9. The number of likely N-dealkylation sites (N-methyl/N-ethyl adjacent to an activating group) is 1. The van der Waals surface area contributed by atoms with Gasteiger partial charge in [0.05, 0.1) is 18.2 Å². The maximum atomic E-state index is 13.1. The number of aromatic hydroxyl groups is 2. The maximum absolute atomic E-state index is 13.1. The van der Waals surface area contributed by atoms with Crippen molar-refractivity contribution in [2.75, 3.05) is 20.4 Å². The van der Waals surface area contributed by atoms with Gasteiger partial charge in [0.1, 0.15) is 24.1 Å². The van der Waals surface area contributed by atoms with E-state index in [9.17, 15) is 20.3 Å². The molecule has 1 radical (unpaired) electrons. The summed E-state index contributed by atoms with van der Waals surface area (Å²) < 4.78 is 17.8. The summed E-state index contributed by atoms with van der Waals surface area (Å²) >= 11 is 0. The molecular weight excluding hydrogens is 785 g/mol. The van der Waals surface area contributed by atoms with E-state index in [1.807, 2.05) is 58.2 Å². The molecule has 0 aliphatic carbocycles. The Labute approximate surface area is 299 Å². The Kier molecular flexibility index (Phi) is 8.87. The molecule has 1 saturated heterocycles. The molecule has 2 N–H and O–H groups in total. The molecule has 5 atom stereocenters. The van der Waals surface area contributed by atoms with Gasteiger partial charge in [-0.05, 0) is 69.3 Å². The van der Waals surface area contributed by atoms with Gasteiger partial charge in [0.15, 0.2) is 11.5 Å². The molecule has 0 aromatic heterocycles. The number of nitrogens with zero attached hydrogens (tertiary/aromatic N) is 3. The molecule has 3 aromatic carbocycles. The number of fused-ring (bicyclic) bond motifs is 9. The van der Waals surface area contributed by atoms with Crippen molar-refractivity contribution in [1.82, 2.24) is 9.80 Å². The Morgan fingerprint density at radius 3 is 2.49 bits per heavy atom. The van der Waals surface area contributed by atoms with Gasteiger partial charge in [-0.3, -0.25) is 14.6 Å². The van der Waals surface area contributed by atoms with E-state index < -0.39 is 12.1 Å². The van der Waals surface area contributed by atoms with E-state index in [2.05, 4.69) is 21.9 Å². The molecule has 3 aromatic rings. The first kappa shape index (κ1) is 32.1. The van der Waals surface area contributed by atoms with Crippen molar-refractivity contribution in [3.63, 3.8) is 0 Å². The van der Waals surface area contributed by atoms with Crippen LogP contribution < -0.4 is 9.47 Å². The largest absolute Gasteiger partial charge is 0.507 e. The zero-order chi connectivity index (χ0) is 30.9. The van der Waals surface area contributed by atoms with Crippen LogP contribution in [0.25, 0.3) is 0 Å². The number of piperazine rings is 1. The van der Waals surface area contributed by atoms with Crippen molar-refractivity contribution < 1.29 is 73.3 Å². The molecule has 0 amide bonds. The Balaban J connectivity index is 0.00000357. The second kappa shape index (κ2) is 12.4. The smallest absolute Gasteiger partial charge is 0.306 e. The van der Waals surface area contributed by atoms with E-state index in [0.717, 1.165) is 27.8 Å². The first-order valence-electron chi connectivity index (χ1n) is 15.3. The molecule has 7 rings (SSSR count). The fraction of sp³-hybridized carbons (Fsp3) is 0.429. The summed E-state index contributed by atoms with van der Waals surface area (Å²) in [5.41, 5.74) is 6.85. The van der Waals surface area contributed by atoms with Crippen LogP contribution in [0.5, 0.6) is 23.0 Å². The molecule has 2 bridgehead atoms. The van der Waals surface area contributed by atoms with Crippen LogP contribution in [0.15, 0.2) is 36.4 Å². The average molecular weight is 823 g/mol. The number of rotatable bonds is 5. The van der Waals surface area contributed by atoms with Crippen molar-refractivity contribution in [1.29, 1.82) is 5.26 Å². The number of carbonyl (C=O) groups is 1. The number of nitriles is 1. The van der Waals surface area contributed by atoms with Crippen LogP contribution in [-0.2, 0) is 28.8 Å². The predicted octanol–water partition coefficient (Wildman–Crippen LogP) is 4.70. The zero-order valence-electron chi connectivity index (χ0n) is 26.0. The van der Waals surface area contributed by atoms with Crippen molar-refractivity contribution in [2.24, 2.45) is 0 Å². The predicted molar refractivity (Wildman–Crippen MR) is 162 cm³/mol. The topological polar surface area (TPSA) is 115 Å². The van der Waals surface area contributed by atoms with E-state index in [0.29, 0.717) is 47.5 Å². The summed E-state index contributed by atoms with van der Waals surface area (Å²) in [6.45, 7) is 5.75. The molecule has 4 aliphatic rings. The third kappa shape index (κ3) is 5.11. The monoisotopic (exact) mass is 822 g/mol. The minimum absolute atomic E-state index is 0. The SMILES string of the molecule is Cc1cc2c(c(O)c1C)[C@@H]1C3Cc4c(O)c(C)c5c(c4[C@H](COC(=O)CCc4ccccc4)N3[C@@H](C#N)[C@H](C2)N1C)OCO5.[Ac]. The quantitative estimate of drug-likeness (QED) is 0.354. The van der Waals surface area contributed by atoms with Gasteiger partial charge in [-0.1, -0.05) is 36.4 Å². The maximum Gasteiger partial charge on any atom is 0.306 e. The molecule has 1 unspecified atom stereocenters. The summed E-state index contributed by atoms with van der Waals surface area (Å²) in [6, 6.07) is 12.7. The Bertz CT molecular complexity index is 1710. The number of ether oxygens (including phenoxy) is 3. The van der Waals surface area contributed by atoms with Gasteiger partial charge in [-0.2, -0.15) is 5.26 Å². The molecule has 4 aliphatic heterocycles. The Morgan fingerprint density at radius 2 is 1.76 bits per heavy atom. The van der Waals surface area contributed by atoms with Crippen LogP contribution in [-0.4, -0.2) is 64.6 Å². The first-order chi connectivity index (χ1) is 21.2. The van der Waals surface area contributed by atoms with Gasteiger partial charge in [0, 0.05) is 84.8 Å².